The lowest BCUT2D eigenvalue weighted by atomic mass is 10.1. The van der Waals surface area contributed by atoms with Gasteiger partial charge in [-0.1, -0.05) is 6.92 Å². The molecule has 0 aliphatic carbocycles. The number of nitrogens with zero attached hydrogens (tertiary/aromatic N) is 2. The van der Waals surface area contributed by atoms with Crippen LogP contribution < -0.4 is 10.6 Å². The Morgan fingerprint density at radius 1 is 1.55 bits per heavy atom. The first-order valence-corrected chi connectivity index (χ1v) is 7.84. The van der Waals surface area contributed by atoms with Crippen LogP contribution >= 0.6 is 11.3 Å². The highest BCUT2D eigenvalue weighted by Gasteiger charge is 2.18. The second-order valence-electron chi connectivity index (χ2n) is 5.02. The molecule has 1 aliphatic heterocycles. The maximum atomic E-state index is 12.3. The molecule has 2 aromatic heterocycles. The van der Waals surface area contributed by atoms with Crippen LogP contribution in [-0.4, -0.2) is 35.0 Å². The monoisotopic (exact) mass is 290 g/mol. The number of carbonyl (C=O) groups is 1. The van der Waals surface area contributed by atoms with Crippen LogP contribution in [0.4, 0.5) is 0 Å². The van der Waals surface area contributed by atoms with Gasteiger partial charge < -0.3 is 10.6 Å². The SMILES string of the molecule is CCc1ncnc2sc(C(=O)NC3CCCNC3)cc12. The number of aryl methyl sites for hydroxylation is 1. The number of nitrogens with one attached hydrogen (secondary N) is 2. The molecule has 0 spiro atoms. The van der Waals surface area contributed by atoms with E-state index in [1.165, 1.54) is 11.3 Å². The molecule has 0 saturated carbocycles. The van der Waals surface area contributed by atoms with Crippen LogP contribution in [0.25, 0.3) is 10.2 Å². The number of thiophene rings is 1. The van der Waals surface area contributed by atoms with Gasteiger partial charge in [0, 0.05) is 18.0 Å². The van der Waals surface area contributed by atoms with Crippen LogP contribution in [0.2, 0.25) is 0 Å². The third-order valence-corrected chi connectivity index (χ3v) is 4.64. The van der Waals surface area contributed by atoms with Crippen LogP contribution in [0.1, 0.15) is 35.1 Å². The molecule has 0 bridgehead atoms. The number of amides is 1. The number of piperidine rings is 1. The Balaban J connectivity index is 1.80. The third kappa shape index (κ3) is 2.66. The van der Waals surface area contributed by atoms with E-state index in [0.29, 0.717) is 0 Å². The van der Waals surface area contributed by atoms with E-state index in [-0.39, 0.29) is 11.9 Å². The zero-order chi connectivity index (χ0) is 13.9. The second-order valence-corrected chi connectivity index (χ2v) is 6.05. The van der Waals surface area contributed by atoms with Gasteiger partial charge in [-0.25, -0.2) is 9.97 Å². The molecule has 1 aliphatic rings. The molecule has 0 radical (unpaired) electrons. The summed E-state index contributed by atoms with van der Waals surface area (Å²) in [7, 11) is 0. The van der Waals surface area contributed by atoms with Gasteiger partial charge in [-0.3, -0.25) is 4.79 Å². The lowest BCUT2D eigenvalue weighted by molar-refractivity contribution is 0.0935. The van der Waals surface area contributed by atoms with E-state index in [0.717, 1.165) is 53.1 Å². The topological polar surface area (TPSA) is 66.9 Å². The van der Waals surface area contributed by atoms with Gasteiger partial charge in [-0.15, -0.1) is 11.3 Å². The highest BCUT2D eigenvalue weighted by Crippen LogP contribution is 2.25. The molecule has 1 unspecified atom stereocenters. The molecule has 106 valence electrons. The van der Waals surface area contributed by atoms with Crippen molar-refractivity contribution in [3.05, 3.63) is 23.0 Å². The fourth-order valence-electron chi connectivity index (χ4n) is 2.53. The lowest BCUT2D eigenvalue weighted by Crippen LogP contribution is -2.45. The van der Waals surface area contributed by atoms with E-state index in [4.69, 9.17) is 0 Å². The summed E-state index contributed by atoms with van der Waals surface area (Å²) in [6.07, 6.45) is 4.58. The molecule has 5 nitrogen and oxygen atoms in total. The van der Waals surface area contributed by atoms with Crippen LogP contribution in [-0.2, 0) is 6.42 Å². The first-order valence-electron chi connectivity index (χ1n) is 7.03. The zero-order valence-electron chi connectivity index (χ0n) is 11.5. The third-order valence-electron chi connectivity index (χ3n) is 3.60. The number of hydrogen-bond acceptors (Lipinski definition) is 5. The summed E-state index contributed by atoms with van der Waals surface area (Å²) >= 11 is 1.44. The molecule has 2 N–H and O–H groups in total. The lowest BCUT2D eigenvalue weighted by Gasteiger charge is -2.23. The quantitative estimate of drug-likeness (QED) is 0.903. The van der Waals surface area contributed by atoms with Gasteiger partial charge in [0.1, 0.15) is 11.2 Å². The largest absolute Gasteiger partial charge is 0.347 e. The summed E-state index contributed by atoms with van der Waals surface area (Å²) in [6, 6.07) is 2.16. The summed E-state index contributed by atoms with van der Waals surface area (Å²) in [5.41, 5.74) is 1.00. The van der Waals surface area contributed by atoms with Crippen molar-refractivity contribution in [2.24, 2.45) is 0 Å². The molecular weight excluding hydrogens is 272 g/mol. The summed E-state index contributed by atoms with van der Waals surface area (Å²) in [5, 5.41) is 7.40. The molecular formula is C14H18N4OS. The summed E-state index contributed by atoms with van der Waals surface area (Å²) in [6.45, 7) is 3.97. The van der Waals surface area contributed by atoms with E-state index >= 15 is 0 Å². The fourth-order valence-corrected chi connectivity index (χ4v) is 3.45. The first kappa shape index (κ1) is 13.5. The van der Waals surface area contributed by atoms with E-state index in [2.05, 4.69) is 27.5 Å². The maximum Gasteiger partial charge on any atom is 0.261 e. The normalized spacial score (nSPS) is 19.1. The van der Waals surface area contributed by atoms with Crippen molar-refractivity contribution < 1.29 is 4.79 Å². The first-order chi connectivity index (χ1) is 9.78. The van der Waals surface area contributed by atoms with Crippen LogP contribution in [0.3, 0.4) is 0 Å². The molecule has 1 amide bonds. The molecule has 3 rings (SSSR count). The summed E-state index contributed by atoms with van der Waals surface area (Å²) in [5.74, 6) is 0.00348. The molecule has 1 saturated heterocycles. The van der Waals surface area contributed by atoms with Crippen LogP contribution in [0.15, 0.2) is 12.4 Å². The average molecular weight is 290 g/mol. The van der Waals surface area contributed by atoms with E-state index in [9.17, 15) is 4.79 Å². The van der Waals surface area contributed by atoms with Crippen LogP contribution in [0.5, 0.6) is 0 Å². The smallest absolute Gasteiger partial charge is 0.261 e. The standard InChI is InChI=1S/C14H18N4OS/c1-2-11-10-6-12(20-14(10)17-8-16-11)13(19)18-9-4-3-5-15-7-9/h6,8-9,15H,2-5,7H2,1H3,(H,18,19). The van der Waals surface area contributed by atoms with Gasteiger partial charge in [0.25, 0.3) is 5.91 Å². The molecule has 1 fully saturated rings. The molecule has 0 aromatic carbocycles. The number of rotatable bonds is 3. The molecule has 20 heavy (non-hydrogen) atoms. The Kier molecular flexibility index (Phi) is 3.93. The minimum Gasteiger partial charge on any atom is -0.347 e. The Bertz CT molecular complexity index is 619. The van der Waals surface area contributed by atoms with Crippen molar-refractivity contribution in [2.45, 2.75) is 32.2 Å². The van der Waals surface area contributed by atoms with Crippen molar-refractivity contribution in [3.63, 3.8) is 0 Å². The average Bonchev–Trinajstić information content (AvgIpc) is 2.92. The Labute approximate surface area is 121 Å². The van der Waals surface area contributed by atoms with Crippen LogP contribution in [0, 0.1) is 0 Å². The van der Waals surface area contributed by atoms with E-state index in [1.807, 2.05) is 6.07 Å². The van der Waals surface area contributed by atoms with Gasteiger partial charge in [0.15, 0.2) is 0 Å². The van der Waals surface area contributed by atoms with E-state index < -0.39 is 0 Å². The number of hydrogen-bond donors (Lipinski definition) is 2. The highest BCUT2D eigenvalue weighted by atomic mass is 32.1. The van der Waals surface area contributed by atoms with Gasteiger partial charge in [0.2, 0.25) is 0 Å². The fraction of sp³-hybridized carbons (Fsp3) is 0.500. The highest BCUT2D eigenvalue weighted by molar-refractivity contribution is 7.20. The van der Waals surface area contributed by atoms with E-state index in [1.54, 1.807) is 6.33 Å². The van der Waals surface area contributed by atoms with Crippen molar-refractivity contribution in [2.75, 3.05) is 13.1 Å². The Morgan fingerprint density at radius 3 is 3.20 bits per heavy atom. The second kappa shape index (κ2) is 5.85. The Morgan fingerprint density at radius 2 is 2.45 bits per heavy atom. The number of aromatic nitrogens is 2. The van der Waals surface area contributed by atoms with Crippen molar-refractivity contribution >= 4 is 27.5 Å². The summed E-state index contributed by atoms with van der Waals surface area (Å²) in [4.78, 5) is 22.4. The predicted molar refractivity (Wildman–Crippen MR) is 80.2 cm³/mol. The van der Waals surface area contributed by atoms with Crippen molar-refractivity contribution in [3.8, 4) is 0 Å². The minimum atomic E-state index is 0.00348. The summed E-state index contributed by atoms with van der Waals surface area (Å²) < 4.78 is 0. The molecule has 3 heterocycles. The van der Waals surface area contributed by atoms with Gasteiger partial charge in [-0.05, 0) is 31.9 Å². The van der Waals surface area contributed by atoms with Crippen molar-refractivity contribution in [1.82, 2.24) is 20.6 Å². The van der Waals surface area contributed by atoms with Crippen molar-refractivity contribution in [1.29, 1.82) is 0 Å². The Hall–Kier alpha value is -1.53. The van der Waals surface area contributed by atoms with Gasteiger partial charge >= 0.3 is 0 Å². The van der Waals surface area contributed by atoms with Gasteiger partial charge in [0.05, 0.1) is 10.6 Å². The number of fused-ring (bicyclic) bond motifs is 1. The molecule has 2 aromatic rings. The zero-order valence-corrected chi connectivity index (χ0v) is 12.3. The predicted octanol–water partition coefficient (Wildman–Crippen LogP) is 1.74. The minimum absolute atomic E-state index is 0.00348. The maximum absolute atomic E-state index is 12.3. The molecule has 6 heteroatoms. The van der Waals surface area contributed by atoms with Gasteiger partial charge in [-0.2, -0.15) is 0 Å². The number of carbonyl (C=O) groups excluding carboxylic acids is 1. The molecule has 1 atom stereocenters.